The Morgan fingerprint density at radius 2 is 1.64 bits per heavy atom. The van der Waals surface area contributed by atoms with Gasteiger partial charge in [-0.25, -0.2) is 0 Å². The van der Waals surface area contributed by atoms with E-state index in [1.807, 2.05) is 42.2 Å². The lowest BCUT2D eigenvalue weighted by Crippen LogP contribution is -2.45. The number of carbonyl (C=O) groups is 1. The molecule has 1 aliphatic heterocycles. The van der Waals surface area contributed by atoms with E-state index in [2.05, 4.69) is 0 Å². The molecule has 1 saturated carbocycles. The van der Waals surface area contributed by atoms with Crippen LogP contribution >= 0.6 is 12.4 Å². The minimum absolute atomic E-state index is 0. The number of amides is 1. The largest absolute Gasteiger partial charge is 0.375 e. The Bertz CT molecular complexity index is 526. The lowest BCUT2D eigenvalue weighted by Gasteiger charge is -2.35. The summed E-state index contributed by atoms with van der Waals surface area (Å²) in [4.78, 5) is 14.7. The summed E-state index contributed by atoms with van der Waals surface area (Å²) >= 11 is 0. The average Bonchev–Trinajstić information content (AvgIpc) is 3.14. The van der Waals surface area contributed by atoms with Crippen molar-refractivity contribution in [3.63, 3.8) is 0 Å². The number of benzene rings is 1. The molecule has 2 atom stereocenters. The highest BCUT2D eigenvalue weighted by molar-refractivity contribution is 5.85. The van der Waals surface area contributed by atoms with Crippen molar-refractivity contribution in [2.24, 2.45) is 11.7 Å². The van der Waals surface area contributed by atoms with Gasteiger partial charge in [-0.1, -0.05) is 50.1 Å². The molecule has 0 bridgehead atoms. The van der Waals surface area contributed by atoms with Gasteiger partial charge in [0.15, 0.2) is 0 Å². The molecule has 0 spiro atoms. The molecule has 1 aliphatic carbocycles. The Balaban J connectivity index is 0.00000225. The average molecular weight is 367 g/mol. The molecule has 5 heteroatoms. The second kappa shape index (κ2) is 9.56. The van der Waals surface area contributed by atoms with Crippen molar-refractivity contribution in [1.82, 2.24) is 4.90 Å². The third-order valence-corrected chi connectivity index (χ3v) is 5.55. The van der Waals surface area contributed by atoms with Gasteiger partial charge in [-0.05, 0) is 31.2 Å². The van der Waals surface area contributed by atoms with Crippen LogP contribution in [0.5, 0.6) is 0 Å². The number of ether oxygens (including phenoxy) is 1. The van der Waals surface area contributed by atoms with Crippen LogP contribution in [-0.4, -0.2) is 36.1 Å². The van der Waals surface area contributed by atoms with E-state index in [0.717, 1.165) is 31.5 Å². The Morgan fingerprint density at radius 3 is 2.24 bits per heavy atom. The van der Waals surface area contributed by atoms with E-state index in [4.69, 9.17) is 10.5 Å². The van der Waals surface area contributed by atoms with Crippen LogP contribution in [-0.2, 0) is 9.53 Å². The highest BCUT2D eigenvalue weighted by Crippen LogP contribution is 2.27. The molecule has 3 rings (SSSR count). The van der Waals surface area contributed by atoms with Crippen LogP contribution in [0, 0.1) is 5.92 Å². The molecular formula is C20H31ClN2O2. The van der Waals surface area contributed by atoms with Crippen molar-refractivity contribution >= 4 is 18.3 Å². The topological polar surface area (TPSA) is 55.6 Å². The number of halogens is 1. The maximum absolute atomic E-state index is 12.8. The van der Waals surface area contributed by atoms with Crippen molar-refractivity contribution in [2.75, 3.05) is 13.1 Å². The molecule has 4 nitrogen and oxygen atoms in total. The fraction of sp³-hybridized carbons (Fsp3) is 0.650. The second-order valence-corrected chi connectivity index (χ2v) is 7.29. The number of likely N-dealkylation sites (tertiary alicyclic amines) is 1. The highest BCUT2D eigenvalue weighted by Gasteiger charge is 2.31. The zero-order chi connectivity index (χ0) is 16.9. The van der Waals surface area contributed by atoms with E-state index in [9.17, 15) is 4.79 Å². The summed E-state index contributed by atoms with van der Waals surface area (Å²) in [5.41, 5.74) is 7.34. The summed E-state index contributed by atoms with van der Waals surface area (Å²) in [6.07, 6.45) is 7.72. The van der Waals surface area contributed by atoms with E-state index in [-0.39, 0.29) is 30.3 Å². The van der Waals surface area contributed by atoms with E-state index < -0.39 is 0 Å². The van der Waals surface area contributed by atoms with Gasteiger partial charge in [-0.3, -0.25) is 4.79 Å². The van der Waals surface area contributed by atoms with Crippen LogP contribution in [0.3, 0.4) is 0 Å². The maximum Gasteiger partial charge on any atom is 0.227 e. The summed E-state index contributed by atoms with van der Waals surface area (Å²) in [5, 5.41) is 0. The molecule has 1 heterocycles. The third kappa shape index (κ3) is 5.19. The molecule has 2 aliphatic rings. The van der Waals surface area contributed by atoms with Crippen LogP contribution < -0.4 is 5.73 Å². The van der Waals surface area contributed by atoms with E-state index >= 15 is 0 Å². The second-order valence-electron chi connectivity index (χ2n) is 7.29. The van der Waals surface area contributed by atoms with Gasteiger partial charge in [-0.2, -0.15) is 0 Å². The zero-order valence-electron chi connectivity index (χ0n) is 15.1. The van der Waals surface area contributed by atoms with Gasteiger partial charge < -0.3 is 15.4 Å². The van der Waals surface area contributed by atoms with Gasteiger partial charge in [-0.15, -0.1) is 12.4 Å². The minimum Gasteiger partial charge on any atom is -0.375 e. The quantitative estimate of drug-likeness (QED) is 0.864. The Kier molecular flexibility index (Phi) is 7.73. The smallest absolute Gasteiger partial charge is 0.227 e. The van der Waals surface area contributed by atoms with Gasteiger partial charge in [0.25, 0.3) is 0 Å². The van der Waals surface area contributed by atoms with Crippen molar-refractivity contribution in [3.05, 3.63) is 35.9 Å². The van der Waals surface area contributed by atoms with Crippen molar-refractivity contribution in [3.8, 4) is 0 Å². The van der Waals surface area contributed by atoms with E-state index in [1.54, 1.807) is 0 Å². The van der Waals surface area contributed by atoms with Crippen LogP contribution in [0.15, 0.2) is 30.3 Å². The van der Waals surface area contributed by atoms with Gasteiger partial charge in [0.1, 0.15) is 0 Å². The number of nitrogens with two attached hydrogens (primary N) is 1. The van der Waals surface area contributed by atoms with E-state index in [1.165, 1.54) is 25.7 Å². The fourth-order valence-electron chi connectivity index (χ4n) is 3.91. The molecule has 25 heavy (non-hydrogen) atoms. The molecular weight excluding hydrogens is 336 g/mol. The molecule has 1 saturated heterocycles. The first-order valence-electron chi connectivity index (χ1n) is 9.40. The summed E-state index contributed by atoms with van der Waals surface area (Å²) < 4.78 is 6.19. The zero-order valence-corrected chi connectivity index (χ0v) is 15.9. The lowest BCUT2D eigenvalue weighted by atomic mass is 9.93. The number of nitrogens with zero attached hydrogens (tertiary/aromatic N) is 1. The minimum atomic E-state index is -0.244. The van der Waals surface area contributed by atoms with Crippen LogP contribution in [0.25, 0.3) is 0 Å². The van der Waals surface area contributed by atoms with Crippen molar-refractivity contribution in [2.45, 2.75) is 63.7 Å². The first-order chi connectivity index (χ1) is 11.6. The predicted molar refractivity (Wildman–Crippen MR) is 103 cm³/mol. The summed E-state index contributed by atoms with van der Waals surface area (Å²) in [7, 11) is 0. The molecule has 2 fully saturated rings. The molecule has 2 unspecified atom stereocenters. The van der Waals surface area contributed by atoms with E-state index in [0.29, 0.717) is 12.2 Å². The van der Waals surface area contributed by atoms with Crippen LogP contribution in [0.4, 0.5) is 0 Å². The number of piperidine rings is 1. The molecule has 0 radical (unpaired) electrons. The van der Waals surface area contributed by atoms with Crippen molar-refractivity contribution < 1.29 is 9.53 Å². The van der Waals surface area contributed by atoms with Gasteiger partial charge in [0.2, 0.25) is 5.91 Å². The third-order valence-electron chi connectivity index (χ3n) is 5.55. The Hall–Kier alpha value is -1.10. The summed E-state index contributed by atoms with van der Waals surface area (Å²) in [6, 6.07) is 9.66. The van der Waals surface area contributed by atoms with Crippen LogP contribution in [0.1, 0.15) is 57.1 Å². The standard InChI is InChI=1S/C20H30N2O2.ClH/c1-15(19(21)16-7-3-2-4-8-16)20(23)22-13-11-18(12-14-22)24-17-9-5-6-10-17;/h2-4,7-8,15,17-19H,5-6,9-14,21H2,1H3;1H. The van der Waals surface area contributed by atoms with Gasteiger partial charge in [0, 0.05) is 19.1 Å². The van der Waals surface area contributed by atoms with Crippen molar-refractivity contribution in [1.29, 1.82) is 0 Å². The molecule has 0 aromatic heterocycles. The number of hydrogen-bond acceptors (Lipinski definition) is 3. The molecule has 140 valence electrons. The molecule has 1 aromatic carbocycles. The number of rotatable bonds is 5. The normalized spacial score (nSPS) is 21.6. The molecule has 1 amide bonds. The summed E-state index contributed by atoms with van der Waals surface area (Å²) in [6.45, 7) is 3.53. The molecule has 1 aromatic rings. The SMILES string of the molecule is CC(C(=O)N1CCC(OC2CCCC2)CC1)C(N)c1ccccc1.Cl. The van der Waals surface area contributed by atoms with Gasteiger partial charge in [0.05, 0.1) is 18.1 Å². The molecule has 2 N–H and O–H groups in total. The first-order valence-corrected chi connectivity index (χ1v) is 9.40. The summed E-state index contributed by atoms with van der Waals surface area (Å²) in [5.74, 6) is -0.0228. The highest BCUT2D eigenvalue weighted by atomic mass is 35.5. The Labute approximate surface area is 157 Å². The lowest BCUT2D eigenvalue weighted by molar-refractivity contribution is -0.139. The predicted octanol–water partition coefficient (Wildman–Crippen LogP) is 3.69. The van der Waals surface area contributed by atoms with Crippen LogP contribution in [0.2, 0.25) is 0 Å². The monoisotopic (exact) mass is 366 g/mol. The number of carbonyl (C=O) groups excluding carboxylic acids is 1. The Morgan fingerprint density at radius 1 is 1.08 bits per heavy atom. The maximum atomic E-state index is 12.8. The first kappa shape index (κ1) is 20.2. The number of hydrogen-bond donors (Lipinski definition) is 1. The fourth-order valence-corrected chi connectivity index (χ4v) is 3.91. The van der Waals surface area contributed by atoms with Gasteiger partial charge >= 0.3 is 0 Å².